The highest BCUT2D eigenvalue weighted by atomic mass is 79.9. The number of ether oxygens (including phenoxy) is 1. The summed E-state index contributed by atoms with van der Waals surface area (Å²) in [5.74, 6) is 0.00489. The van der Waals surface area contributed by atoms with E-state index in [2.05, 4.69) is 29.8 Å². The summed E-state index contributed by atoms with van der Waals surface area (Å²) in [7, 11) is 1.59. The Morgan fingerprint density at radius 1 is 1.50 bits per heavy atom. The SMILES string of the molecule is COc1c(CC(N)C(=O)O)cc(Br)cc1C(C)C. The highest BCUT2D eigenvalue weighted by Gasteiger charge is 2.19. The molecule has 0 aliphatic rings. The van der Waals surface area contributed by atoms with Crippen molar-refractivity contribution in [3.8, 4) is 5.75 Å². The Balaban J connectivity index is 3.21. The number of methoxy groups -OCH3 is 1. The van der Waals surface area contributed by atoms with Crippen molar-refractivity contribution in [2.75, 3.05) is 7.11 Å². The first-order chi connectivity index (χ1) is 8.36. The van der Waals surface area contributed by atoms with Gasteiger partial charge in [0.25, 0.3) is 0 Å². The molecule has 0 saturated heterocycles. The van der Waals surface area contributed by atoms with Crippen molar-refractivity contribution >= 4 is 21.9 Å². The van der Waals surface area contributed by atoms with E-state index in [0.717, 1.165) is 21.3 Å². The summed E-state index contributed by atoms with van der Waals surface area (Å²) in [5.41, 5.74) is 7.43. The predicted octanol–water partition coefficient (Wildman–Crippen LogP) is 2.54. The van der Waals surface area contributed by atoms with Gasteiger partial charge in [0.05, 0.1) is 7.11 Å². The second-order valence-electron chi connectivity index (χ2n) is 4.49. The second-order valence-corrected chi connectivity index (χ2v) is 5.41. The summed E-state index contributed by atoms with van der Waals surface area (Å²) in [4.78, 5) is 10.8. The third-order valence-electron chi connectivity index (χ3n) is 2.74. The van der Waals surface area contributed by atoms with E-state index < -0.39 is 12.0 Å². The Hall–Kier alpha value is -1.07. The molecule has 1 aromatic rings. The third kappa shape index (κ3) is 3.46. The molecule has 1 unspecified atom stereocenters. The average molecular weight is 316 g/mol. The number of hydrogen-bond donors (Lipinski definition) is 2. The lowest BCUT2D eigenvalue weighted by Gasteiger charge is -2.18. The monoisotopic (exact) mass is 315 g/mol. The van der Waals surface area contributed by atoms with Gasteiger partial charge >= 0.3 is 5.97 Å². The van der Waals surface area contributed by atoms with Crippen LogP contribution in [0, 0.1) is 0 Å². The molecule has 0 aromatic heterocycles. The first-order valence-corrected chi connectivity index (χ1v) is 6.50. The van der Waals surface area contributed by atoms with Crippen LogP contribution in [0.1, 0.15) is 30.9 Å². The van der Waals surface area contributed by atoms with Gasteiger partial charge in [-0.05, 0) is 29.2 Å². The number of benzene rings is 1. The molecule has 1 atom stereocenters. The molecule has 5 heteroatoms. The van der Waals surface area contributed by atoms with E-state index in [9.17, 15) is 4.79 Å². The largest absolute Gasteiger partial charge is 0.496 e. The molecule has 0 aliphatic carbocycles. The zero-order valence-electron chi connectivity index (χ0n) is 10.7. The Labute approximate surface area is 115 Å². The number of hydrogen-bond acceptors (Lipinski definition) is 3. The third-order valence-corrected chi connectivity index (χ3v) is 3.20. The van der Waals surface area contributed by atoms with Crippen molar-refractivity contribution in [1.82, 2.24) is 0 Å². The quantitative estimate of drug-likeness (QED) is 0.875. The van der Waals surface area contributed by atoms with E-state index in [1.165, 1.54) is 0 Å². The van der Waals surface area contributed by atoms with Crippen LogP contribution < -0.4 is 10.5 Å². The van der Waals surface area contributed by atoms with Gasteiger partial charge in [0, 0.05) is 10.9 Å². The molecule has 0 radical (unpaired) electrons. The van der Waals surface area contributed by atoms with E-state index in [0.29, 0.717) is 0 Å². The first-order valence-electron chi connectivity index (χ1n) is 5.71. The summed E-state index contributed by atoms with van der Waals surface area (Å²) in [5, 5.41) is 8.88. The lowest BCUT2D eigenvalue weighted by atomic mass is 9.96. The molecule has 0 heterocycles. The van der Waals surface area contributed by atoms with Gasteiger partial charge in [0.2, 0.25) is 0 Å². The lowest BCUT2D eigenvalue weighted by Crippen LogP contribution is -2.32. The highest BCUT2D eigenvalue weighted by molar-refractivity contribution is 9.10. The van der Waals surface area contributed by atoms with Crippen LogP contribution in [0.3, 0.4) is 0 Å². The fourth-order valence-corrected chi connectivity index (χ4v) is 2.35. The van der Waals surface area contributed by atoms with Crippen molar-refractivity contribution in [3.63, 3.8) is 0 Å². The van der Waals surface area contributed by atoms with E-state index in [-0.39, 0.29) is 12.3 Å². The molecule has 0 spiro atoms. The van der Waals surface area contributed by atoms with Gasteiger partial charge in [-0.1, -0.05) is 29.8 Å². The number of aliphatic carboxylic acids is 1. The minimum atomic E-state index is -1.01. The molecule has 18 heavy (non-hydrogen) atoms. The number of nitrogens with two attached hydrogens (primary N) is 1. The van der Waals surface area contributed by atoms with E-state index in [1.54, 1.807) is 7.11 Å². The molecule has 0 saturated carbocycles. The second kappa shape index (κ2) is 6.20. The molecule has 0 aliphatic heterocycles. The average Bonchev–Trinajstić information content (AvgIpc) is 2.27. The van der Waals surface area contributed by atoms with Crippen LogP contribution in [0.5, 0.6) is 5.75 Å². The molecule has 0 bridgehead atoms. The first kappa shape index (κ1) is 15.0. The van der Waals surface area contributed by atoms with Gasteiger partial charge in [0.1, 0.15) is 11.8 Å². The normalized spacial score (nSPS) is 12.6. The summed E-state index contributed by atoms with van der Waals surface area (Å²) < 4.78 is 6.31. The van der Waals surface area contributed by atoms with Gasteiger partial charge in [-0.2, -0.15) is 0 Å². The lowest BCUT2D eigenvalue weighted by molar-refractivity contribution is -0.138. The van der Waals surface area contributed by atoms with Crippen LogP contribution in [0.4, 0.5) is 0 Å². The minimum Gasteiger partial charge on any atom is -0.496 e. The van der Waals surface area contributed by atoms with Gasteiger partial charge in [-0.15, -0.1) is 0 Å². The van der Waals surface area contributed by atoms with Crippen LogP contribution in [-0.4, -0.2) is 24.2 Å². The van der Waals surface area contributed by atoms with Crippen molar-refractivity contribution in [2.24, 2.45) is 5.73 Å². The van der Waals surface area contributed by atoms with Crippen molar-refractivity contribution < 1.29 is 14.6 Å². The van der Waals surface area contributed by atoms with E-state index in [4.69, 9.17) is 15.6 Å². The smallest absolute Gasteiger partial charge is 0.320 e. The topological polar surface area (TPSA) is 72.5 Å². The maximum Gasteiger partial charge on any atom is 0.320 e. The molecule has 0 fully saturated rings. The Morgan fingerprint density at radius 3 is 2.56 bits per heavy atom. The van der Waals surface area contributed by atoms with Gasteiger partial charge < -0.3 is 15.6 Å². The van der Waals surface area contributed by atoms with Crippen LogP contribution in [0.15, 0.2) is 16.6 Å². The summed E-state index contributed by atoms with van der Waals surface area (Å²) in [6.45, 7) is 4.12. The molecule has 4 nitrogen and oxygen atoms in total. The van der Waals surface area contributed by atoms with Crippen LogP contribution in [0.25, 0.3) is 0 Å². The van der Waals surface area contributed by atoms with Crippen molar-refractivity contribution in [2.45, 2.75) is 32.2 Å². The highest BCUT2D eigenvalue weighted by Crippen LogP contribution is 2.34. The predicted molar refractivity (Wildman–Crippen MR) is 74.1 cm³/mol. The fraction of sp³-hybridized carbons (Fsp3) is 0.462. The van der Waals surface area contributed by atoms with Crippen molar-refractivity contribution in [1.29, 1.82) is 0 Å². The molecule has 1 aromatic carbocycles. The Kier molecular flexibility index (Phi) is 5.16. The molecule has 1 rings (SSSR count). The number of carboxylic acids is 1. The van der Waals surface area contributed by atoms with Gasteiger partial charge in [0.15, 0.2) is 0 Å². The maximum absolute atomic E-state index is 10.8. The Morgan fingerprint density at radius 2 is 2.11 bits per heavy atom. The Bertz CT molecular complexity index is 446. The number of halogens is 1. The van der Waals surface area contributed by atoms with Gasteiger partial charge in [-0.25, -0.2) is 0 Å². The summed E-state index contributed by atoms with van der Waals surface area (Å²) >= 11 is 3.43. The van der Waals surface area contributed by atoms with Gasteiger partial charge in [-0.3, -0.25) is 4.79 Å². The summed E-state index contributed by atoms with van der Waals surface area (Å²) in [6.07, 6.45) is 0.248. The standard InChI is InChI=1S/C13H18BrNO3/c1-7(2)10-6-9(14)4-8(12(10)18-3)5-11(15)13(16)17/h4,6-7,11H,5,15H2,1-3H3,(H,16,17). The maximum atomic E-state index is 10.8. The molecule has 3 N–H and O–H groups in total. The molecule has 0 amide bonds. The van der Waals surface area contributed by atoms with E-state index >= 15 is 0 Å². The van der Waals surface area contributed by atoms with Crippen LogP contribution in [-0.2, 0) is 11.2 Å². The zero-order valence-corrected chi connectivity index (χ0v) is 12.3. The van der Waals surface area contributed by atoms with Crippen molar-refractivity contribution in [3.05, 3.63) is 27.7 Å². The molecular formula is C13H18BrNO3. The van der Waals surface area contributed by atoms with Crippen LogP contribution in [0.2, 0.25) is 0 Å². The fourth-order valence-electron chi connectivity index (χ4n) is 1.83. The zero-order chi connectivity index (χ0) is 13.9. The van der Waals surface area contributed by atoms with Crippen LogP contribution >= 0.6 is 15.9 Å². The van der Waals surface area contributed by atoms with E-state index in [1.807, 2.05) is 12.1 Å². The molecule has 100 valence electrons. The number of carbonyl (C=O) groups is 1. The summed E-state index contributed by atoms with van der Waals surface area (Å²) in [6, 6.07) is 2.92. The number of rotatable bonds is 5. The minimum absolute atomic E-state index is 0.248. The molecular weight excluding hydrogens is 298 g/mol. The number of carboxylic acid groups (broad SMARTS) is 1.